The second-order valence-electron chi connectivity index (χ2n) is 10.2. The van der Waals surface area contributed by atoms with E-state index in [0.717, 1.165) is 23.7 Å². The summed E-state index contributed by atoms with van der Waals surface area (Å²) in [6.45, 7) is 14.1. The summed E-state index contributed by atoms with van der Waals surface area (Å²) in [7, 11) is 0. The summed E-state index contributed by atoms with van der Waals surface area (Å²) in [5.41, 5.74) is 0. The topological polar surface area (TPSA) is 0 Å². The van der Waals surface area contributed by atoms with E-state index in [1.54, 1.807) is 0 Å². The fourth-order valence-corrected chi connectivity index (χ4v) is 4.89. The number of allylic oxidation sites excluding steroid dienone is 4. The number of unbranched alkanes of at least 4 members (excludes halogenated alkanes) is 9. The molecule has 0 bridgehead atoms. The van der Waals surface area contributed by atoms with Crippen LogP contribution in [0.3, 0.4) is 0 Å². The van der Waals surface area contributed by atoms with Gasteiger partial charge in [0.2, 0.25) is 0 Å². The number of hydrogen-bond donors (Lipinski definition) is 0. The summed E-state index contributed by atoms with van der Waals surface area (Å²) in [4.78, 5) is 0. The van der Waals surface area contributed by atoms with Crippen molar-refractivity contribution < 1.29 is 0 Å². The Labute approximate surface area is 192 Å². The third-order valence-corrected chi connectivity index (χ3v) is 6.90. The molecule has 0 N–H and O–H groups in total. The average molecular weight is 419 g/mol. The number of hydrogen-bond acceptors (Lipinski definition) is 0. The first-order valence-corrected chi connectivity index (χ1v) is 13.8. The van der Waals surface area contributed by atoms with E-state index in [0.29, 0.717) is 0 Å². The maximum Gasteiger partial charge on any atom is -0.0234 e. The van der Waals surface area contributed by atoms with Crippen LogP contribution in [0.2, 0.25) is 0 Å². The Hall–Kier alpha value is -0.520. The highest BCUT2D eigenvalue weighted by molar-refractivity contribution is 4.88. The molecule has 0 heterocycles. The Kier molecular flexibility index (Phi) is 21.3. The van der Waals surface area contributed by atoms with Crippen molar-refractivity contribution in [1.82, 2.24) is 0 Å². The summed E-state index contributed by atoms with van der Waals surface area (Å²) in [5.74, 6) is 3.24. The van der Waals surface area contributed by atoms with Crippen LogP contribution in [0.5, 0.6) is 0 Å². The van der Waals surface area contributed by atoms with E-state index in [1.807, 2.05) is 0 Å². The van der Waals surface area contributed by atoms with Gasteiger partial charge in [0.15, 0.2) is 0 Å². The predicted octanol–water partition coefficient (Wildman–Crippen LogP) is 10.9. The van der Waals surface area contributed by atoms with Crippen LogP contribution >= 0.6 is 0 Å². The predicted molar refractivity (Wildman–Crippen MR) is 140 cm³/mol. The van der Waals surface area contributed by atoms with E-state index in [9.17, 15) is 0 Å². The quantitative estimate of drug-likeness (QED) is 0.128. The fourth-order valence-electron chi connectivity index (χ4n) is 4.89. The second kappa shape index (κ2) is 21.7. The van der Waals surface area contributed by atoms with Gasteiger partial charge in [0, 0.05) is 0 Å². The Morgan fingerprint density at radius 2 is 1.23 bits per heavy atom. The van der Waals surface area contributed by atoms with Crippen molar-refractivity contribution in [2.45, 2.75) is 144 Å². The Bertz CT molecular complexity index is 391. The van der Waals surface area contributed by atoms with Gasteiger partial charge in [0.05, 0.1) is 0 Å². The van der Waals surface area contributed by atoms with Crippen molar-refractivity contribution in [3.63, 3.8) is 0 Å². The normalized spacial score (nSPS) is 16.3. The largest absolute Gasteiger partial charge is 0.0914 e. The van der Waals surface area contributed by atoms with E-state index in [4.69, 9.17) is 0 Å². The molecular weight excluding hydrogens is 360 g/mol. The van der Waals surface area contributed by atoms with Crippen LogP contribution in [0, 0.1) is 23.7 Å². The monoisotopic (exact) mass is 418 g/mol. The summed E-state index contributed by atoms with van der Waals surface area (Å²) in [5, 5.41) is 0. The molecule has 0 aromatic rings. The SMILES string of the molecule is CC=CC(C)C(CCCCCC)CCCC(C)CC(C)C=CCCCCCCCC. The molecule has 0 rings (SSSR count). The molecule has 0 heteroatoms. The van der Waals surface area contributed by atoms with Crippen LogP contribution < -0.4 is 0 Å². The van der Waals surface area contributed by atoms with Crippen LogP contribution in [0.15, 0.2) is 24.3 Å². The van der Waals surface area contributed by atoms with Crippen molar-refractivity contribution >= 4 is 0 Å². The molecule has 4 atom stereocenters. The third kappa shape index (κ3) is 18.3. The first kappa shape index (κ1) is 29.5. The molecule has 0 aliphatic rings. The summed E-state index contributed by atoms with van der Waals surface area (Å²) in [6, 6.07) is 0. The Morgan fingerprint density at radius 3 is 1.90 bits per heavy atom. The van der Waals surface area contributed by atoms with Crippen LogP contribution in [-0.4, -0.2) is 0 Å². The van der Waals surface area contributed by atoms with Gasteiger partial charge in [-0.2, -0.15) is 0 Å². The molecule has 0 aromatic heterocycles. The molecule has 0 aliphatic carbocycles. The highest BCUT2D eigenvalue weighted by atomic mass is 14.2. The fraction of sp³-hybridized carbons (Fsp3) is 0.867. The van der Waals surface area contributed by atoms with Gasteiger partial charge in [-0.15, -0.1) is 0 Å². The molecule has 0 nitrogen and oxygen atoms in total. The van der Waals surface area contributed by atoms with Crippen molar-refractivity contribution in [2.24, 2.45) is 23.7 Å². The molecule has 0 aliphatic heterocycles. The first-order valence-electron chi connectivity index (χ1n) is 13.8. The van der Waals surface area contributed by atoms with Crippen molar-refractivity contribution in [2.75, 3.05) is 0 Å². The summed E-state index contributed by atoms with van der Waals surface area (Å²) in [6.07, 6.45) is 32.0. The smallest absolute Gasteiger partial charge is 0.0234 e. The molecule has 30 heavy (non-hydrogen) atoms. The lowest BCUT2D eigenvalue weighted by atomic mass is 9.83. The van der Waals surface area contributed by atoms with Gasteiger partial charge < -0.3 is 0 Å². The molecule has 0 aromatic carbocycles. The maximum atomic E-state index is 2.49. The standard InChI is InChI=1S/C30H58/c1-7-10-12-14-15-16-17-18-22-27(4)26-28(5)23-20-25-30(29(6)21-9-3)24-19-13-11-8-2/h9,18,21-22,27-30H,7-8,10-17,19-20,23-26H2,1-6H3. The lowest BCUT2D eigenvalue weighted by Crippen LogP contribution is -2.11. The van der Waals surface area contributed by atoms with E-state index in [1.165, 1.54) is 103 Å². The maximum absolute atomic E-state index is 2.49. The molecular formula is C30H58. The van der Waals surface area contributed by atoms with Crippen molar-refractivity contribution in [3.8, 4) is 0 Å². The van der Waals surface area contributed by atoms with Crippen LogP contribution in [-0.2, 0) is 0 Å². The van der Waals surface area contributed by atoms with E-state index in [-0.39, 0.29) is 0 Å². The van der Waals surface area contributed by atoms with E-state index >= 15 is 0 Å². The minimum absolute atomic E-state index is 0.742. The number of rotatable bonds is 21. The average Bonchev–Trinajstić information content (AvgIpc) is 2.71. The lowest BCUT2D eigenvalue weighted by Gasteiger charge is -2.23. The molecule has 0 spiro atoms. The van der Waals surface area contributed by atoms with Crippen molar-refractivity contribution in [1.29, 1.82) is 0 Å². The van der Waals surface area contributed by atoms with Gasteiger partial charge in [-0.05, 0) is 62.7 Å². The van der Waals surface area contributed by atoms with Gasteiger partial charge in [-0.1, -0.05) is 130 Å². The minimum Gasteiger partial charge on any atom is -0.0914 e. The van der Waals surface area contributed by atoms with Crippen LogP contribution in [0.4, 0.5) is 0 Å². The zero-order valence-electron chi connectivity index (χ0n) is 21.9. The lowest BCUT2D eigenvalue weighted by molar-refractivity contribution is 0.321. The molecule has 178 valence electrons. The zero-order valence-corrected chi connectivity index (χ0v) is 21.9. The molecule has 0 radical (unpaired) electrons. The van der Waals surface area contributed by atoms with Gasteiger partial charge in [-0.25, -0.2) is 0 Å². The van der Waals surface area contributed by atoms with Crippen molar-refractivity contribution in [3.05, 3.63) is 24.3 Å². The van der Waals surface area contributed by atoms with E-state index < -0.39 is 0 Å². The van der Waals surface area contributed by atoms with Gasteiger partial charge in [0.25, 0.3) is 0 Å². The molecule has 0 saturated heterocycles. The second-order valence-corrected chi connectivity index (χ2v) is 10.2. The first-order chi connectivity index (χ1) is 14.5. The highest BCUT2D eigenvalue weighted by Crippen LogP contribution is 2.28. The molecule has 0 fully saturated rings. The highest BCUT2D eigenvalue weighted by Gasteiger charge is 2.15. The molecule has 0 amide bonds. The molecule has 0 saturated carbocycles. The molecule has 4 unspecified atom stereocenters. The Morgan fingerprint density at radius 1 is 0.633 bits per heavy atom. The zero-order chi connectivity index (χ0) is 22.5. The van der Waals surface area contributed by atoms with Gasteiger partial charge >= 0.3 is 0 Å². The summed E-state index contributed by atoms with van der Waals surface area (Å²) >= 11 is 0. The van der Waals surface area contributed by atoms with Gasteiger partial charge in [-0.3, -0.25) is 0 Å². The minimum atomic E-state index is 0.742. The van der Waals surface area contributed by atoms with Crippen LogP contribution in [0.25, 0.3) is 0 Å². The third-order valence-electron chi connectivity index (χ3n) is 6.90. The van der Waals surface area contributed by atoms with Gasteiger partial charge in [0.1, 0.15) is 0 Å². The van der Waals surface area contributed by atoms with Crippen LogP contribution in [0.1, 0.15) is 144 Å². The summed E-state index contributed by atoms with van der Waals surface area (Å²) < 4.78 is 0. The van der Waals surface area contributed by atoms with E-state index in [2.05, 4.69) is 65.8 Å². The Balaban J connectivity index is 4.02.